The standard InChI is InChI=1S/C10H14IN2O4/c1-2-11-9(15)12-6-4-3-5-7-8(14)17-10(16)13-7/h2,7H,1,3-6H2,(H,12,15)(H,13,16)/q-1. The van der Waals surface area contributed by atoms with Crippen LogP contribution < -0.4 is 31.8 Å². The van der Waals surface area contributed by atoms with E-state index in [2.05, 4.69) is 21.9 Å². The van der Waals surface area contributed by atoms with Crippen LogP contribution in [-0.2, 0) is 9.53 Å². The molecule has 96 valence electrons. The zero-order valence-electron chi connectivity index (χ0n) is 9.20. The first-order chi connectivity index (χ1) is 8.13. The molecule has 0 aromatic heterocycles. The summed E-state index contributed by atoms with van der Waals surface area (Å²) in [7, 11) is 0. The summed E-state index contributed by atoms with van der Waals surface area (Å²) in [5.41, 5.74) is 0. The van der Waals surface area contributed by atoms with Crippen molar-refractivity contribution in [2.45, 2.75) is 25.3 Å². The van der Waals surface area contributed by atoms with Gasteiger partial charge in [0.05, 0.1) is 0 Å². The van der Waals surface area contributed by atoms with Crippen LogP contribution in [0, 0.1) is 0 Å². The number of carbonyl (C=O) groups excluding carboxylic acids is 3. The zero-order valence-corrected chi connectivity index (χ0v) is 11.4. The topological polar surface area (TPSA) is 84.5 Å². The van der Waals surface area contributed by atoms with E-state index in [0.717, 1.165) is 12.8 Å². The van der Waals surface area contributed by atoms with Crippen molar-refractivity contribution in [1.29, 1.82) is 0 Å². The number of nitrogens with one attached hydrogen (secondary N) is 2. The normalized spacial score (nSPS) is 18.7. The van der Waals surface area contributed by atoms with Crippen LogP contribution in [0.1, 0.15) is 19.3 Å². The molecule has 2 amide bonds. The first-order valence-electron chi connectivity index (χ1n) is 5.18. The summed E-state index contributed by atoms with van der Waals surface area (Å²) in [5.74, 6) is -0.517. The van der Waals surface area contributed by atoms with Crippen molar-refractivity contribution in [3.63, 3.8) is 0 Å². The Morgan fingerprint density at radius 1 is 1.53 bits per heavy atom. The number of ether oxygens (including phenoxy) is 1. The van der Waals surface area contributed by atoms with Crippen LogP contribution in [0.15, 0.2) is 10.7 Å². The Labute approximate surface area is 109 Å². The predicted octanol–water partition coefficient (Wildman–Crippen LogP) is -2.27. The molecule has 1 rings (SSSR count). The van der Waals surface area contributed by atoms with Crippen LogP contribution in [0.2, 0.25) is 0 Å². The number of carbonyl (C=O) groups is 3. The van der Waals surface area contributed by atoms with Gasteiger partial charge in [-0.15, -0.1) is 0 Å². The van der Waals surface area contributed by atoms with Gasteiger partial charge in [0.1, 0.15) is 0 Å². The number of alkyl carbamates (subject to hydrolysis) is 1. The summed E-state index contributed by atoms with van der Waals surface area (Å²) in [6.07, 6.45) is 1.37. The Bertz CT molecular complexity index is 332. The Hall–Kier alpha value is -1.12. The van der Waals surface area contributed by atoms with E-state index < -0.39 is 39.3 Å². The maximum atomic E-state index is 11.1. The van der Waals surface area contributed by atoms with E-state index in [0.29, 0.717) is 13.0 Å². The first kappa shape index (κ1) is 13.9. The van der Waals surface area contributed by atoms with Crippen molar-refractivity contribution in [2.24, 2.45) is 0 Å². The van der Waals surface area contributed by atoms with Crippen molar-refractivity contribution < 1.29 is 40.3 Å². The van der Waals surface area contributed by atoms with Gasteiger partial charge in [-0.2, -0.15) is 0 Å². The van der Waals surface area contributed by atoms with Crippen molar-refractivity contribution in [3.8, 4) is 0 Å². The minimum atomic E-state index is -0.677. The van der Waals surface area contributed by atoms with E-state index in [4.69, 9.17) is 0 Å². The minimum absolute atomic E-state index is 0.0485. The van der Waals surface area contributed by atoms with Gasteiger partial charge in [-0.3, -0.25) is 0 Å². The second-order valence-electron chi connectivity index (χ2n) is 3.37. The number of unbranched alkanes of at least 4 members (excludes halogenated alkanes) is 1. The third kappa shape index (κ3) is 5.16. The molecule has 0 radical (unpaired) electrons. The zero-order chi connectivity index (χ0) is 12.7. The fourth-order valence-electron chi connectivity index (χ4n) is 1.35. The molecule has 0 saturated carbocycles. The van der Waals surface area contributed by atoms with E-state index in [9.17, 15) is 14.4 Å². The Kier molecular flexibility index (Phi) is 5.95. The maximum absolute atomic E-state index is 11.1. The molecule has 1 aliphatic heterocycles. The van der Waals surface area contributed by atoms with Gasteiger partial charge in [0, 0.05) is 0 Å². The van der Waals surface area contributed by atoms with E-state index in [1.807, 2.05) is 0 Å². The molecule has 0 bridgehead atoms. The second-order valence-corrected chi connectivity index (χ2v) is 5.85. The molecule has 1 fully saturated rings. The third-order valence-corrected chi connectivity index (χ3v) is 3.52. The molecule has 0 aromatic rings. The van der Waals surface area contributed by atoms with Crippen molar-refractivity contribution in [3.05, 3.63) is 10.7 Å². The number of hydrogen-bond acceptors (Lipinski definition) is 4. The van der Waals surface area contributed by atoms with Gasteiger partial charge in [-0.25, -0.2) is 0 Å². The molecule has 0 aromatic carbocycles. The average Bonchev–Trinajstić information content (AvgIpc) is 2.57. The second kappa shape index (κ2) is 7.25. The van der Waals surface area contributed by atoms with Crippen LogP contribution >= 0.6 is 0 Å². The number of halogens is 1. The summed E-state index contributed by atoms with van der Waals surface area (Å²) < 4.78 is 6.04. The van der Waals surface area contributed by atoms with Gasteiger partial charge in [-0.1, -0.05) is 0 Å². The molecule has 1 heterocycles. The average molecular weight is 353 g/mol. The van der Waals surface area contributed by atoms with Gasteiger partial charge in [0.2, 0.25) is 0 Å². The molecule has 0 aliphatic carbocycles. The van der Waals surface area contributed by atoms with E-state index in [1.165, 1.54) is 0 Å². The van der Waals surface area contributed by atoms with Crippen LogP contribution in [0.3, 0.4) is 0 Å². The molecule has 1 unspecified atom stereocenters. The summed E-state index contributed by atoms with van der Waals surface area (Å²) in [6.45, 7) is 4.09. The summed E-state index contributed by atoms with van der Waals surface area (Å²) in [6, 6.07) is -0.529. The quantitative estimate of drug-likeness (QED) is 0.135. The summed E-state index contributed by atoms with van der Waals surface area (Å²) in [4.78, 5) is 32.8. The van der Waals surface area contributed by atoms with Gasteiger partial charge in [0.25, 0.3) is 0 Å². The summed E-state index contributed by atoms with van der Waals surface area (Å²) >= 11 is -0.597. The van der Waals surface area contributed by atoms with Crippen LogP contribution in [0.5, 0.6) is 0 Å². The molecule has 1 atom stereocenters. The Balaban J connectivity index is 2.04. The van der Waals surface area contributed by atoms with Crippen LogP contribution in [0.4, 0.5) is 9.59 Å². The molecule has 1 aliphatic rings. The summed E-state index contributed by atoms with van der Waals surface area (Å²) in [5, 5.41) is 5.18. The van der Waals surface area contributed by atoms with Gasteiger partial charge in [-0.05, 0) is 0 Å². The Morgan fingerprint density at radius 3 is 2.88 bits per heavy atom. The van der Waals surface area contributed by atoms with Gasteiger partial charge >= 0.3 is 109 Å². The number of cyclic esters (lactones) is 2. The molecular formula is C10H14IN2O4-. The molecule has 0 spiro atoms. The molecule has 1 saturated heterocycles. The van der Waals surface area contributed by atoms with Crippen molar-refractivity contribution in [1.82, 2.24) is 10.6 Å². The van der Waals surface area contributed by atoms with Gasteiger partial charge < -0.3 is 0 Å². The number of rotatable bonds is 7. The monoisotopic (exact) mass is 353 g/mol. The van der Waals surface area contributed by atoms with Crippen LogP contribution in [0.25, 0.3) is 0 Å². The predicted molar refractivity (Wildman–Crippen MR) is 55.9 cm³/mol. The number of esters is 1. The Morgan fingerprint density at radius 2 is 2.29 bits per heavy atom. The van der Waals surface area contributed by atoms with Crippen molar-refractivity contribution in [2.75, 3.05) is 6.54 Å². The fourth-order valence-corrected chi connectivity index (χ4v) is 2.24. The van der Waals surface area contributed by atoms with Crippen molar-refractivity contribution >= 4 is 16.0 Å². The fraction of sp³-hybridized carbons (Fsp3) is 0.500. The van der Waals surface area contributed by atoms with Gasteiger partial charge in [0.15, 0.2) is 0 Å². The van der Waals surface area contributed by atoms with Crippen LogP contribution in [-0.4, -0.2) is 28.6 Å². The molecular weight excluding hydrogens is 339 g/mol. The van der Waals surface area contributed by atoms with E-state index in [-0.39, 0.29) is 3.91 Å². The first-order valence-corrected chi connectivity index (χ1v) is 7.50. The number of hydrogen-bond donors (Lipinski definition) is 2. The molecule has 7 heteroatoms. The SMILES string of the molecule is C=C[I-]C(=O)NCCCCC1NC(=O)OC1=O. The third-order valence-electron chi connectivity index (χ3n) is 2.13. The van der Waals surface area contributed by atoms with E-state index >= 15 is 0 Å². The van der Waals surface area contributed by atoms with E-state index in [1.54, 1.807) is 4.08 Å². The molecule has 2 N–H and O–H groups in total. The molecule has 17 heavy (non-hydrogen) atoms. The molecule has 6 nitrogen and oxygen atoms in total. The number of amides is 2.